The topological polar surface area (TPSA) is 61.4 Å². The zero-order valence-corrected chi connectivity index (χ0v) is 13.9. The Balaban J connectivity index is 1.97. The van der Waals surface area contributed by atoms with Crippen molar-refractivity contribution in [1.82, 2.24) is 10.2 Å². The van der Waals surface area contributed by atoms with Crippen LogP contribution in [0.1, 0.15) is 11.6 Å². The second-order valence-electron chi connectivity index (χ2n) is 5.67. The van der Waals surface area contributed by atoms with Crippen LogP contribution in [0.2, 0.25) is 0 Å². The number of para-hydroxylation sites is 1. The van der Waals surface area contributed by atoms with Gasteiger partial charge in [0, 0.05) is 6.54 Å². The van der Waals surface area contributed by atoms with E-state index in [0.29, 0.717) is 0 Å². The van der Waals surface area contributed by atoms with Crippen LogP contribution in [0.25, 0.3) is 0 Å². The van der Waals surface area contributed by atoms with Gasteiger partial charge in [0.05, 0.1) is 11.7 Å². The molecule has 2 N–H and O–H groups in total. The zero-order valence-electron chi connectivity index (χ0n) is 13.9. The maximum Gasteiger partial charge on any atom is 0.313 e. The minimum atomic E-state index is -0.957. The number of likely N-dealkylation sites (N-methyl/N-ethyl adjacent to an activating group) is 1. The second kappa shape index (κ2) is 8.34. The summed E-state index contributed by atoms with van der Waals surface area (Å²) in [6, 6.07) is 11.2. The highest BCUT2D eigenvalue weighted by Crippen LogP contribution is 2.18. The Bertz CT molecular complexity index is 748. The van der Waals surface area contributed by atoms with Crippen molar-refractivity contribution in [2.75, 3.05) is 26.0 Å². The number of nitrogens with zero attached hydrogens (tertiary/aromatic N) is 1. The van der Waals surface area contributed by atoms with Crippen molar-refractivity contribution in [2.24, 2.45) is 0 Å². The van der Waals surface area contributed by atoms with Crippen molar-refractivity contribution >= 4 is 17.5 Å². The molecule has 0 radical (unpaired) electrons. The van der Waals surface area contributed by atoms with E-state index in [1.807, 2.05) is 4.90 Å². The summed E-state index contributed by atoms with van der Waals surface area (Å²) in [6.45, 7) is 0.141. The number of nitrogens with one attached hydrogen (secondary N) is 2. The lowest BCUT2D eigenvalue weighted by atomic mass is 10.1. The summed E-state index contributed by atoms with van der Waals surface area (Å²) in [5, 5.41) is 4.73. The van der Waals surface area contributed by atoms with E-state index in [-0.39, 0.29) is 24.1 Å². The van der Waals surface area contributed by atoms with Crippen LogP contribution in [-0.4, -0.2) is 37.4 Å². The van der Waals surface area contributed by atoms with Gasteiger partial charge in [0.25, 0.3) is 0 Å². The van der Waals surface area contributed by atoms with Gasteiger partial charge in [-0.1, -0.05) is 24.3 Å². The van der Waals surface area contributed by atoms with Gasteiger partial charge in [0.1, 0.15) is 11.6 Å². The fourth-order valence-corrected chi connectivity index (χ4v) is 2.29. The third kappa shape index (κ3) is 5.09. The number of hydrogen-bond acceptors (Lipinski definition) is 3. The van der Waals surface area contributed by atoms with Gasteiger partial charge < -0.3 is 15.5 Å². The number of carbonyl (C=O) groups is 2. The summed E-state index contributed by atoms with van der Waals surface area (Å²) >= 11 is 0. The molecule has 0 heterocycles. The summed E-state index contributed by atoms with van der Waals surface area (Å²) in [7, 11) is 3.61. The molecule has 0 spiro atoms. The summed E-state index contributed by atoms with van der Waals surface area (Å²) in [5.74, 6) is -2.81. The number of halogens is 2. The second-order valence-corrected chi connectivity index (χ2v) is 5.67. The van der Waals surface area contributed by atoms with Gasteiger partial charge in [-0.25, -0.2) is 8.78 Å². The van der Waals surface area contributed by atoms with E-state index in [9.17, 15) is 18.4 Å². The van der Waals surface area contributed by atoms with Crippen LogP contribution < -0.4 is 10.6 Å². The van der Waals surface area contributed by atoms with E-state index >= 15 is 0 Å². The smallest absolute Gasteiger partial charge is 0.313 e. The molecule has 0 bridgehead atoms. The molecule has 5 nitrogen and oxygen atoms in total. The average Bonchev–Trinajstić information content (AvgIpc) is 2.58. The number of anilines is 1. The first kappa shape index (κ1) is 18.5. The van der Waals surface area contributed by atoms with E-state index < -0.39 is 17.6 Å². The minimum absolute atomic E-state index is 0.0645. The highest BCUT2D eigenvalue weighted by Gasteiger charge is 2.19. The summed E-state index contributed by atoms with van der Waals surface area (Å²) in [5.41, 5.74) is 0.728. The van der Waals surface area contributed by atoms with Gasteiger partial charge >= 0.3 is 11.8 Å². The van der Waals surface area contributed by atoms with E-state index in [1.165, 1.54) is 30.3 Å². The molecule has 7 heteroatoms. The summed E-state index contributed by atoms with van der Waals surface area (Å²) < 4.78 is 26.5. The first-order valence-corrected chi connectivity index (χ1v) is 7.64. The number of rotatable bonds is 5. The van der Waals surface area contributed by atoms with Gasteiger partial charge in [0.2, 0.25) is 0 Å². The molecule has 0 saturated carbocycles. The van der Waals surface area contributed by atoms with Gasteiger partial charge in [-0.05, 0) is 43.9 Å². The molecule has 1 atom stereocenters. The molecule has 132 valence electrons. The van der Waals surface area contributed by atoms with Crippen molar-refractivity contribution in [3.63, 3.8) is 0 Å². The predicted octanol–water partition coefficient (Wildman–Crippen LogP) is 2.32. The molecule has 0 saturated heterocycles. The largest absolute Gasteiger partial charge is 0.346 e. The number of amides is 2. The Labute approximate surface area is 144 Å². The monoisotopic (exact) mass is 347 g/mol. The van der Waals surface area contributed by atoms with E-state index in [4.69, 9.17) is 0 Å². The van der Waals surface area contributed by atoms with Crippen LogP contribution in [0.3, 0.4) is 0 Å². The van der Waals surface area contributed by atoms with Crippen molar-refractivity contribution in [3.8, 4) is 0 Å². The third-order valence-corrected chi connectivity index (χ3v) is 3.66. The lowest BCUT2D eigenvalue weighted by molar-refractivity contribution is -0.136. The molecule has 2 rings (SSSR count). The maximum atomic E-state index is 13.5. The van der Waals surface area contributed by atoms with E-state index in [2.05, 4.69) is 10.6 Å². The average molecular weight is 347 g/mol. The Morgan fingerprint density at radius 3 is 2.24 bits per heavy atom. The first-order chi connectivity index (χ1) is 11.9. The predicted molar refractivity (Wildman–Crippen MR) is 90.9 cm³/mol. The quantitative estimate of drug-likeness (QED) is 0.816. The van der Waals surface area contributed by atoms with Crippen molar-refractivity contribution in [2.45, 2.75) is 6.04 Å². The summed E-state index contributed by atoms with van der Waals surface area (Å²) in [4.78, 5) is 25.7. The molecule has 0 aliphatic heterocycles. The fraction of sp³-hybridized carbons (Fsp3) is 0.222. The molecule has 2 amide bonds. The number of hydrogen-bond donors (Lipinski definition) is 2. The van der Waals surface area contributed by atoms with Crippen LogP contribution in [0, 0.1) is 11.6 Å². The molecule has 0 aliphatic carbocycles. The van der Waals surface area contributed by atoms with Crippen molar-refractivity contribution in [1.29, 1.82) is 0 Å². The van der Waals surface area contributed by atoms with Crippen LogP contribution in [-0.2, 0) is 9.59 Å². The third-order valence-electron chi connectivity index (χ3n) is 3.66. The van der Waals surface area contributed by atoms with Gasteiger partial charge in [0.15, 0.2) is 0 Å². The van der Waals surface area contributed by atoms with Gasteiger partial charge in [-0.2, -0.15) is 0 Å². The Hall–Kier alpha value is -2.80. The lowest BCUT2D eigenvalue weighted by Gasteiger charge is -2.25. The molecule has 1 unspecified atom stereocenters. The number of benzene rings is 2. The lowest BCUT2D eigenvalue weighted by Crippen LogP contribution is -2.40. The molecule has 0 aromatic heterocycles. The normalized spacial score (nSPS) is 11.9. The standard InChI is InChI=1S/C18H19F2N3O2/c1-23(2)16(12-7-9-13(19)10-8-12)11-21-17(24)18(25)22-15-6-4-3-5-14(15)20/h3-10,16H,11H2,1-2H3,(H,21,24)(H,22,25). The first-order valence-electron chi connectivity index (χ1n) is 7.64. The summed E-state index contributed by atoms with van der Waals surface area (Å²) in [6.07, 6.45) is 0. The van der Waals surface area contributed by atoms with Crippen LogP contribution >= 0.6 is 0 Å². The Morgan fingerprint density at radius 2 is 1.64 bits per heavy atom. The zero-order chi connectivity index (χ0) is 18.4. The molecule has 25 heavy (non-hydrogen) atoms. The highest BCUT2D eigenvalue weighted by atomic mass is 19.1. The molecule has 0 fully saturated rings. The molecule has 0 aliphatic rings. The van der Waals surface area contributed by atoms with Gasteiger partial charge in [-0.3, -0.25) is 9.59 Å². The van der Waals surface area contributed by atoms with Crippen LogP contribution in [0.4, 0.5) is 14.5 Å². The SMILES string of the molecule is CN(C)C(CNC(=O)C(=O)Nc1ccccc1F)c1ccc(F)cc1. The molecule has 2 aromatic carbocycles. The van der Waals surface area contributed by atoms with Crippen LogP contribution in [0.5, 0.6) is 0 Å². The molecule has 2 aromatic rings. The van der Waals surface area contributed by atoms with E-state index in [1.54, 1.807) is 32.3 Å². The minimum Gasteiger partial charge on any atom is -0.346 e. The van der Waals surface area contributed by atoms with Gasteiger partial charge in [-0.15, -0.1) is 0 Å². The van der Waals surface area contributed by atoms with Crippen molar-refractivity contribution in [3.05, 3.63) is 65.7 Å². The maximum absolute atomic E-state index is 13.5. The van der Waals surface area contributed by atoms with Crippen LogP contribution in [0.15, 0.2) is 48.5 Å². The number of carbonyl (C=O) groups excluding carboxylic acids is 2. The molecular formula is C18H19F2N3O2. The Morgan fingerprint density at radius 1 is 1.00 bits per heavy atom. The van der Waals surface area contributed by atoms with Crippen molar-refractivity contribution < 1.29 is 18.4 Å². The van der Waals surface area contributed by atoms with E-state index in [0.717, 1.165) is 5.56 Å². The highest BCUT2D eigenvalue weighted by molar-refractivity contribution is 6.39. The Kier molecular flexibility index (Phi) is 6.19. The fourth-order valence-electron chi connectivity index (χ4n) is 2.29. The molecular weight excluding hydrogens is 328 g/mol.